The zero-order valence-corrected chi connectivity index (χ0v) is 11.5. The lowest BCUT2D eigenvalue weighted by atomic mass is 10.2. The predicted molar refractivity (Wildman–Crippen MR) is 67.6 cm³/mol. The molecule has 0 amide bonds. The molecule has 0 saturated carbocycles. The van der Waals surface area contributed by atoms with Crippen LogP contribution in [0.25, 0.3) is 0 Å². The largest absolute Gasteiger partial charge is 0.369 e. The molecule has 5 heteroatoms. The highest BCUT2D eigenvalue weighted by molar-refractivity contribution is 9.10. The lowest BCUT2D eigenvalue weighted by Gasteiger charge is -2.12. The summed E-state index contributed by atoms with van der Waals surface area (Å²) in [5.41, 5.74) is 0.948. The number of aryl methyl sites for hydroxylation is 2. The minimum atomic E-state index is 0.425. The van der Waals surface area contributed by atoms with E-state index < -0.39 is 0 Å². The van der Waals surface area contributed by atoms with Crippen LogP contribution < -0.4 is 5.32 Å². The van der Waals surface area contributed by atoms with Crippen LogP contribution in [0.2, 0.25) is 0 Å². The second-order valence-corrected chi connectivity index (χ2v) is 4.76. The fraction of sp³-hybridized carbons (Fsp3) is 0.600. The quantitative estimate of drug-likeness (QED) is 0.866. The van der Waals surface area contributed by atoms with Gasteiger partial charge < -0.3 is 5.32 Å². The summed E-state index contributed by atoms with van der Waals surface area (Å²) in [5, 5.41) is 3.26. The van der Waals surface area contributed by atoms with Crippen LogP contribution >= 0.6 is 27.5 Å². The van der Waals surface area contributed by atoms with E-state index >= 15 is 0 Å². The van der Waals surface area contributed by atoms with Crippen LogP contribution in [0.1, 0.15) is 18.4 Å². The smallest absolute Gasteiger partial charge is 0.144 e. The van der Waals surface area contributed by atoms with Crippen molar-refractivity contribution in [2.24, 2.45) is 5.92 Å². The van der Waals surface area contributed by atoms with E-state index in [9.17, 15) is 0 Å². The summed E-state index contributed by atoms with van der Waals surface area (Å²) in [6.07, 6.45) is 0. The SMILES string of the molecule is Cc1nc(C)c(Br)c(NCC(C)CCl)n1. The molecule has 1 unspecified atom stereocenters. The molecule has 1 N–H and O–H groups in total. The molecule has 1 atom stereocenters. The van der Waals surface area contributed by atoms with Gasteiger partial charge in [-0.3, -0.25) is 0 Å². The standard InChI is InChI=1S/C10H15BrClN3/c1-6(4-12)5-13-10-9(11)7(2)14-8(3)15-10/h6H,4-5H2,1-3H3,(H,13,14,15). The average Bonchev–Trinajstić information content (AvgIpc) is 2.20. The highest BCUT2D eigenvalue weighted by atomic mass is 79.9. The number of rotatable bonds is 4. The summed E-state index contributed by atoms with van der Waals surface area (Å²) in [4.78, 5) is 8.58. The van der Waals surface area contributed by atoms with Crippen molar-refractivity contribution in [3.63, 3.8) is 0 Å². The van der Waals surface area contributed by atoms with Crippen molar-refractivity contribution in [3.05, 3.63) is 16.0 Å². The normalized spacial score (nSPS) is 12.6. The summed E-state index contributed by atoms with van der Waals surface area (Å²) in [6, 6.07) is 0. The van der Waals surface area contributed by atoms with Gasteiger partial charge >= 0.3 is 0 Å². The van der Waals surface area contributed by atoms with Crippen LogP contribution in [0.5, 0.6) is 0 Å². The molecule has 0 fully saturated rings. The number of anilines is 1. The molecule has 0 aliphatic heterocycles. The molecule has 0 radical (unpaired) electrons. The van der Waals surface area contributed by atoms with Gasteiger partial charge in [-0.15, -0.1) is 11.6 Å². The highest BCUT2D eigenvalue weighted by Gasteiger charge is 2.08. The third kappa shape index (κ3) is 3.61. The molecule has 15 heavy (non-hydrogen) atoms. The van der Waals surface area contributed by atoms with Crippen molar-refractivity contribution in [1.29, 1.82) is 0 Å². The lowest BCUT2D eigenvalue weighted by Crippen LogP contribution is -2.14. The Kier molecular flexibility index (Phi) is 4.80. The summed E-state index contributed by atoms with van der Waals surface area (Å²) in [5.74, 6) is 2.69. The van der Waals surface area contributed by atoms with Crippen LogP contribution in [0.15, 0.2) is 4.47 Å². The molecule has 0 saturated heterocycles. The Labute approximate surface area is 104 Å². The maximum Gasteiger partial charge on any atom is 0.144 e. The van der Waals surface area contributed by atoms with Crippen LogP contribution in [0.4, 0.5) is 5.82 Å². The van der Waals surface area contributed by atoms with Crippen molar-refractivity contribution in [2.75, 3.05) is 17.7 Å². The van der Waals surface area contributed by atoms with Gasteiger partial charge in [-0.25, -0.2) is 9.97 Å². The molecular formula is C10H15BrClN3. The molecule has 0 spiro atoms. The molecule has 0 aromatic carbocycles. The van der Waals surface area contributed by atoms with Crippen LogP contribution in [-0.4, -0.2) is 22.4 Å². The van der Waals surface area contributed by atoms with Crippen LogP contribution in [0.3, 0.4) is 0 Å². The molecule has 1 aromatic heterocycles. The molecule has 0 aliphatic carbocycles. The molecule has 84 valence electrons. The maximum absolute atomic E-state index is 5.74. The Morgan fingerprint density at radius 1 is 1.40 bits per heavy atom. The van der Waals surface area contributed by atoms with E-state index in [1.165, 1.54) is 0 Å². The van der Waals surface area contributed by atoms with Crippen LogP contribution in [0, 0.1) is 19.8 Å². The van der Waals surface area contributed by atoms with Gasteiger partial charge in [-0.1, -0.05) is 6.92 Å². The topological polar surface area (TPSA) is 37.8 Å². The van der Waals surface area contributed by atoms with Crippen molar-refractivity contribution in [1.82, 2.24) is 9.97 Å². The second kappa shape index (κ2) is 5.66. The fourth-order valence-electron chi connectivity index (χ4n) is 1.14. The van der Waals surface area contributed by atoms with Gasteiger partial charge in [0, 0.05) is 12.4 Å². The number of hydrogen-bond acceptors (Lipinski definition) is 3. The average molecular weight is 293 g/mol. The third-order valence-electron chi connectivity index (χ3n) is 2.01. The molecule has 1 rings (SSSR count). The first-order valence-corrected chi connectivity index (χ1v) is 6.18. The molecule has 3 nitrogen and oxygen atoms in total. The van der Waals surface area contributed by atoms with Gasteiger partial charge in [-0.05, 0) is 35.7 Å². The fourth-order valence-corrected chi connectivity index (χ4v) is 1.57. The Bertz CT molecular complexity index is 344. The van der Waals surface area contributed by atoms with Crippen molar-refractivity contribution >= 4 is 33.3 Å². The first-order chi connectivity index (χ1) is 7.04. The van der Waals surface area contributed by atoms with E-state index in [0.29, 0.717) is 11.8 Å². The number of nitrogens with zero attached hydrogens (tertiary/aromatic N) is 2. The van der Waals surface area contributed by atoms with Gasteiger partial charge in [-0.2, -0.15) is 0 Å². The van der Waals surface area contributed by atoms with Gasteiger partial charge in [0.2, 0.25) is 0 Å². The summed E-state index contributed by atoms with van der Waals surface area (Å²) in [7, 11) is 0. The number of nitrogens with one attached hydrogen (secondary N) is 1. The highest BCUT2D eigenvalue weighted by Crippen LogP contribution is 2.22. The van der Waals surface area contributed by atoms with Gasteiger partial charge in [0.05, 0.1) is 10.2 Å². The zero-order chi connectivity index (χ0) is 11.4. The maximum atomic E-state index is 5.74. The van der Waals surface area contributed by atoms with E-state index in [1.54, 1.807) is 0 Å². The molecule has 0 aliphatic rings. The van der Waals surface area contributed by atoms with Crippen molar-refractivity contribution < 1.29 is 0 Å². The zero-order valence-electron chi connectivity index (χ0n) is 9.14. The Morgan fingerprint density at radius 3 is 2.67 bits per heavy atom. The number of hydrogen-bond donors (Lipinski definition) is 1. The van der Waals surface area contributed by atoms with Crippen molar-refractivity contribution in [2.45, 2.75) is 20.8 Å². The van der Waals surface area contributed by atoms with E-state index in [1.807, 2.05) is 13.8 Å². The van der Waals surface area contributed by atoms with E-state index in [2.05, 4.69) is 38.1 Å². The molecule has 1 aromatic rings. The Morgan fingerprint density at radius 2 is 2.07 bits per heavy atom. The predicted octanol–water partition coefficient (Wildman–Crippen LogP) is 3.14. The Balaban J connectivity index is 2.76. The lowest BCUT2D eigenvalue weighted by molar-refractivity contribution is 0.693. The molecule has 1 heterocycles. The monoisotopic (exact) mass is 291 g/mol. The second-order valence-electron chi connectivity index (χ2n) is 3.66. The third-order valence-corrected chi connectivity index (χ3v) is 3.49. The molecule has 0 bridgehead atoms. The van der Waals surface area contributed by atoms with Gasteiger partial charge in [0.25, 0.3) is 0 Å². The Hall–Kier alpha value is -0.350. The minimum Gasteiger partial charge on any atom is -0.369 e. The number of halogens is 2. The first kappa shape index (κ1) is 12.7. The van der Waals surface area contributed by atoms with E-state index in [-0.39, 0.29) is 0 Å². The number of alkyl halides is 1. The summed E-state index contributed by atoms with van der Waals surface area (Å²) >= 11 is 9.20. The van der Waals surface area contributed by atoms with Crippen LogP contribution in [-0.2, 0) is 0 Å². The number of aromatic nitrogens is 2. The first-order valence-electron chi connectivity index (χ1n) is 4.85. The van der Waals surface area contributed by atoms with Gasteiger partial charge in [0.15, 0.2) is 0 Å². The van der Waals surface area contributed by atoms with E-state index in [4.69, 9.17) is 11.6 Å². The summed E-state index contributed by atoms with van der Waals surface area (Å²) in [6.45, 7) is 6.75. The minimum absolute atomic E-state index is 0.425. The van der Waals surface area contributed by atoms with Gasteiger partial charge in [0.1, 0.15) is 11.6 Å². The molecular weight excluding hydrogens is 277 g/mol. The van der Waals surface area contributed by atoms with Crippen molar-refractivity contribution in [3.8, 4) is 0 Å². The van der Waals surface area contributed by atoms with E-state index in [0.717, 1.165) is 28.4 Å². The summed E-state index contributed by atoms with van der Waals surface area (Å²) < 4.78 is 0.926.